The van der Waals surface area contributed by atoms with E-state index in [1.807, 2.05) is 0 Å². The maximum atomic E-state index is 12.8. The van der Waals surface area contributed by atoms with Gasteiger partial charge >= 0.3 is 7.32 Å². The van der Waals surface area contributed by atoms with Crippen LogP contribution in [0.4, 0.5) is 4.39 Å². The van der Waals surface area contributed by atoms with Crippen molar-refractivity contribution in [2.75, 3.05) is 0 Å². The van der Waals surface area contributed by atoms with Gasteiger partial charge in [0.05, 0.1) is 10.0 Å². The predicted octanol–water partition coefficient (Wildman–Crippen LogP) is 1.48. The topological polar surface area (TPSA) is 49.7 Å². The second-order valence-electron chi connectivity index (χ2n) is 2.15. The highest BCUT2D eigenvalue weighted by Crippen LogP contribution is 2.28. The SMILES string of the molecule is OB(O)Oc1cc(Cl)c(F)c(Cl)c1. The van der Waals surface area contributed by atoms with E-state index in [0.29, 0.717) is 0 Å². The van der Waals surface area contributed by atoms with E-state index < -0.39 is 13.1 Å². The molecule has 0 spiro atoms. The monoisotopic (exact) mass is 224 g/mol. The lowest BCUT2D eigenvalue weighted by Gasteiger charge is -2.06. The van der Waals surface area contributed by atoms with E-state index in [4.69, 9.17) is 33.2 Å². The van der Waals surface area contributed by atoms with Crippen molar-refractivity contribution >= 4 is 30.5 Å². The van der Waals surface area contributed by atoms with Crippen molar-refractivity contribution in [3.8, 4) is 5.75 Å². The van der Waals surface area contributed by atoms with Crippen molar-refractivity contribution in [3.05, 3.63) is 28.0 Å². The summed E-state index contributed by atoms with van der Waals surface area (Å²) in [6.07, 6.45) is 0. The van der Waals surface area contributed by atoms with Crippen LogP contribution < -0.4 is 4.65 Å². The standard InChI is InChI=1S/C6H4BCl2FO3/c8-4-1-3(13-7(11)12)2-5(9)6(4)10/h1-2,11-12H. The van der Waals surface area contributed by atoms with Crippen LogP contribution in [0.2, 0.25) is 10.0 Å². The zero-order valence-electron chi connectivity index (χ0n) is 6.17. The molecule has 0 aromatic heterocycles. The minimum atomic E-state index is -1.99. The summed E-state index contributed by atoms with van der Waals surface area (Å²) in [4.78, 5) is 0. The highest BCUT2D eigenvalue weighted by atomic mass is 35.5. The van der Waals surface area contributed by atoms with Gasteiger partial charge in [-0.25, -0.2) is 4.39 Å². The Balaban J connectivity index is 2.99. The Morgan fingerprint density at radius 2 is 1.69 bits per heavy atom. The molecule has 1 aromatic carbocycles. The molecular formula is C6H4BCl2FO3. The molecule has 0 saturated carbocycles. The Labute approximate surface area is 83.8 Å². The van der Waals surface area contributed by atoms with Gasteiger partial charge in [-0.1, -0.05) is 23.2 Å². The molecular weight excluding hydrogens is 221 g/mol. The Kier molecular flexibility index (Phi) is 3.38. The van der Waals surface area contributed by atoms with Crippen molar-refractivity contribution in [1.82, 2.24) is 0 Å². The minimum absolute atomic E-state index is 0.0219. The van der Waals surface area contributed by atoms with Gasteiger partial charge in [0, 0.05) is 12.1 Å². The second-order valence-corrected chi connectivity index (χ2v) is 2.96. The summed E-state index contributed by atoms with van der Waals surface area (Å²) in [5, 5.41) is 16.3. The van der Waals surface area contributed by atoms with Crippen LogP contribution in [0.25, 0.3) is 0 Å². The average Bonchev–Trinajstić information content (AvgIpc) is 1.98. The average molecular weight is 225 g/mol. The maximum Gasteiger partial charge on any atom is 0.707 e. The molecule has 13 heavy (non-hydrogen) atoms. The van der Waals surface area contributed by atoms with Crippen LogP contribution in [0.3, 0.4) is 0 Å². The Morgan fingerprint density at radius 1 is 1.23 bits per heavy atom. The molecule has 0 aliphatic carbocycles. The maximum absolute atomic E-state index is 12.8. The number of hydrogen-bond donors (Lipinski definition) is 2. The lowest BCUT2D eigenvalue weighted by molar-refractivity contribution is 0.288. The lowest BCUT2D eigenvalue weighted by Crippen LogP contribution is -2.20. The van der Waals surface area contributed by atoms with Crippen LogP contribution in [0.5, 0.6) is 5.75 Å². The van der Waals surface area contributed by atoms with Gasteiger partial charge in [-0.05, 0) is 0 Å². The molecule has 1 aromatic rings. The van der Waals surface area contributed by atoms with Gasteiger partial charge in [0.15, 0.2) is 5.82 Å². The van der Waals surface area contributed by atoms with Crippen LogP contribution in [0.1, 0.15) is 0 Å². The molecule has 0 aliphatic rings. The van der Waals surface area contributed by atoms with Gasteiger partial charge in [0.2, 0.25) is 0 Å². The van der Waals surface area contributed by atoms with Crippen molar-refractivity contribution < 1.29 is 19.1 Å². The first-order chi connectivity index (χ1) is 6.00. The minimum Gasteiger partial charge on any atom is -0.512 e. The first-order valence-corrected chi connectivity index (χ1v) is 3.93. The van der Waals surface area contributed by atoms with E-state index in [1.165, 1.54) is 0 Å². The molecule has 70 valence electrons. The van der Waals surface area contributed by atoms with Gasteiger partial charge in [-0.15, -0.1) is 0 Å². The molecule has 0 radical (unpaired) electrons. The Hall–Kier alpha value is -0.485. The normalized spacial score (nSPS) is 9.92. The zero-order chi connectivity index (χ0) is 10.0. The molecule has 3 nitrogen and oxygen atoms in total. The molecule has 0 amide bonds. The lowest BCUT2D eigenvalue weighted by atomic mass is 10.2. The molecule has 7 heteroatoms. The second kappa shape index (κ2) is 4.15. The predicted molar refractivity (Wildman–Crippen MR) is 47.2 cm³/mol. The van der Waals surface area contributed by atoms with Crippen molar-refractivity contribution in [1.29, 1.82) is 0 Å². The number of rotatable bonds is 2. The smallest absolute Gasteiger partial charge is 0.512 e. The fourth-order valence-electron chi connectivity index (χ4n) is 0.722. The Morgan fingerprint density at radius 3 is 2.08 bits per heavy atom. The summed E-state index contributed by atoms with van der Waals surface area (Å²) in [7, 11) is -1.99. The third-order valence-electron chi connectivity index (χ3n) is 1.20. The largest absolute Gasteiger partial charge is 0.707 e. The summed E-state index contributed by atoms with van der Waals surface area (Å²) in [5.74, 6) is -0.797. The zero-order valence-corrected chi connectivity index (χ0v) is 7.68. The summed E-state index contributed by atoms with van der Waals surface area (Å²) < 4.78 is 17.2. The fourth-order valence-corrected chi connectivity index (χ4v) is 1.19. The van der Waals surface area contributed by atoms with E-state index in [9.17, 15) is 4.39 Å². The molecule has 0 aliphatic heterocycles. The van der Waals surface area contributed by atoms with E-state index in [2.05, 4.69) is 4.65 Å². The fraction of sp³-hybridized carbons (Fsp3) is 0. The first-order valence-electron chi connectivity index (χ1n) is 3.18. The third-order valence-corrected chi connectivity index (χ3v) is 1.75. The van der Waals surface area contributed by atoms with Gasteiger partial charge in [-0.3, -0.25) is 0 Å². The first kappa shape index (κ1) is 10.6. The molecule has 0 bridgehead atoms. The van der Waals surface area contributed by atoms with Crippen LogP contribution >= 0.6 is 23.2 Å². The van der Waals surface area contributed by atoms with Crippen molar-refractivity contribution in [2.45, 2.75) is 0 Å². The van der Waals surface area contributed by atoms with Gasteiger partial charge < -0.3 is 14.7 Å². The van der Waals surface area contributed by atoms with Crippen molar-refractivity contribution in [2.24, 2.45) is 0 Å². The van der Waals surface area contributed by atoms with Gasteiger partial charge in [0.1, 0.15) is 5.75 Å². The molecule has 1 rings (SSSR count). The van der Waals surface area contributed by atoms with Gasteiger partial charge in [-0.2, -0.15) is 0 Å². The summed E-state index contributed by atoms with van der Waals surface area (Å²) in [5.41, 5.74) is 0. The summed E-state index contributed by atoms with van der Waals surface area (Å²) >= 11 is 10.8. The number of halogens is 3. The quantitative estimate of drug-likeness (QED) is 0.591. The molecule has 0 heterocycles. The van der Waals surface area contributed by atoms with E-state index in [0.717, 1.165) is 12.1 Å². The summed E-state index contributed by atoms with van der Waals surface area (Å²) in [6.45, 7) is 0. The molecule has 0 atom stereocenters. The van der Waals surface area contributed by atoms with Crippen LogP contribution in [-0.4, -0.2) is 17.4 Å². The highest BCUT2D eigenvalue weighted by molar-refractivity contribution is 6.36. The highest BCUT2D eigenvalue weighted by Gasteiger charge is 2.14. The van der Waals surface area contributed by atoms with Crippen LogP contribution in [-0.2, 0) is 0 Å². The molecule has 0 unspecified atom stereocenters. The van der Waals surface area contributed by atoms with E-state index >= 15 is 0 Å². The number of hydrogen-bond acceptors (Lipinski definition) is 3. The van der Waals surface area contributed by atoms with Crippen LogP contribution in [0.15, 0.2) is 12.1 Å². The Bertz CT molecular complexity index is 298. The van der Waals surface area contributed by atoms with Crippen LogP contribution in [0, 0.1) is 5.82 Å². The van der Waals surface area contributed by atoms with Gasteiger partial charge in [0.25, 0.3) is 0 Å². The molecule has 0 saturated heterocycles. The van der Waals surface area contributed by atoms with Crippen molar-refractivity contribution in [3.63, 3.8) is 0 Å². The van der Waals surface area contributed by atoms with E-state index in [-0.39, 0.29) is 15.8 Å². The third kappa shape index (κ3) is 2.74. The molecule has 0 fully saturated rings. The summed E-state index contributed by atoms with van der Waals surface area (Å²) in [6, 6.07) is 2.17. The van der Waals surface area contributed by atoms with E-state index in [1.54, 1.807) is 0 Å². The number of benzene rings is 1. The molecule has 2 N–H and O–H groups in total.